The minimum Gasteiger partial charge on any atom is -0.497 e. The molecule has 0 spiro atoms. The zero-order chi connectivity index (χ0) is 19.1. The summed E-state index contributed by atoms with van der Waals surface area (Å²) in [5.74, 6) is 2.49. The summed E-state index contributed by atoms with van der Waals surface area (Å²) < 4.78 is 6.57. The van der Waals surface area contributed by atoms with E-state index in [1.54, 1.807) is 43.8 Å². The monoisotopic (exact) mass is 389 g/mol. The fourth-order valence-electron chi connectivity index (χ4n) is 2.72. The fourth-order valence-corrected chi connectivity index (χ4v) is 3.67. The maximum absolute atomic E-state index is 12.1. The van der Waals surface area contributed by atoms with Gasteiger partial charge in [-0.25, -0.2) is 0 Å². The molecule has 2 heterocycles. The number of rotatable bonds is 7. The van der Waals surface area contributed by atoms with E-state index in [4.69, 9.17) is 4.74 Å². The molecule has 1 atom stereocenters. The van der Waals surface area contributed by atoms with Crippen molar-refractivity contribution in [3.63, 3.8) is 0 Å². The lowest BCUT2D eigenvalue weighted by Gasteiger charge is -2.22. The van der Waals surface area contributed by atoms with E-state index in [0.717, 1.165) is 23.8 Å². The van der Waals surface area contributed by atoms with Gasteiger partial charge in [-0.2, -0.15) is 16.9 Å². The number of thioether (sulfide) groups is 1. The molecule has 1 aromatic carbocycles. The Kier molecular flexibility index (Phi) is 6.72. The van der Waals surface area contributed by atoms with Crippen molar-refractivity contribution in [2.45, 2.75) is 19.0 Å². The minimum absolute atomic E-state index is 0.0581. The molecule has 1 fully saturated rings. The Morgan fingerprint density at radius 2 is 2.04 bits per heavy atom. The summed E-state index contributed by atoms with van der Waals surface area (Å²) in [6.07, 6.45) is 3.62. The van der Waals surface area contributed by atoms with Crippen LogP contribution < -0.4 is 20.7 Å². The lowest BCUT2D eigenvalue weighted by molar-refractivity contribution is -0.117. The molecule has 3 N–H and O–H groups in total. The zero-order valence-corrected chi connectivity index (χ0v) is 15.9. The number of carbonyl (C=O) groups is 2. The molecule has 1 aliphatic rings. The summed E-state index contributed by atoms with van der Waals surface area (Å²) in [4.78, 5) is 24.2. The van der Waals surface area contributed by atoms with Crippen LogP contribution in [0.25, 0.3) is 0 Å². The molecule has 144 valence electrons. The second-order valence-electron chi connectivity index (χ2n) is 6.18. The van der Waals surface area contributed by atoms with Crippen molar-refractivity contribution in [1.29, 1.82) is 0 Å². The van der Waals surface area contributed by atoms with Crippen LogP contribution in [0.1, 0.15) is 6.42 Å². The Morgan fingerprint density at radius 3 is 2.74 bits per heavy atom. The van der Waals surface area contributed by atoms with Crippen molar-refractivity contribution < 1.29 is 14.3 Å². The molecule has 2 aromatic rings. The van der Waals surface area contributed by atoms with Crippen LogP contribution in [-0.4, -0.2) is 52.8 Å². The third-order valence-corrected chi connectivity index (χ3v) is 5.16. The van der Waals surface area contributed by atoms with Crippen LogP contribution in [0.2, 0.25) is 0 Å². The highest BCUT2D eigenvalue weighted by Crippen LogP contribution is 2.15. The first kappa shape index (κ1) is 19.2. The van der Waals surface area contributed by atoms with Gasteiger partial charge in [-0.05, 0) is 24.3 Å². The summed E-state index contributed by atoms with van der Waals surface area (Å²) >= 11 is 1.85. The zero-order valence-electron chi connectivity index (χ0n) is 15.1. The SMILES string of the molecule is COc1ccc(NC(=O)Cn2cc(NC(=O)CC3CSCCN3)cn2)cc1. The molecule has 0 saturated carbocycles. The van der Waals surface area contributed by atoms with E-state index in [9.17, 15) is 9.59 Å². The molecule has 0 radical (unpaired) electrons. The first-order chi connectivity index (χ1) is 13.1. The van der Waals surface area contributed by atoms with E-state index in [1.807, 2.05) is 11.8 Å². The van der Waals surface area contributed by atoms with Crippen molar-refractivity contribution >= 4 is 35.0 Å². The fraction of sp³-hybridized carbons (Fsp3) is 0.389. The average molecular weight is 389 g/mol. The van der Waals surface area contributed by atoms with E-state index in [2.05, 4.69) is 21.0 Å². The standard InChI is InChI=1S/C18H23N5O3S/c1-26-16-4-2-13(3-5-16)21-18(25)11-23-10-15(9-20-23)22-17(24)8-14-12-27-7-6-19-14/h2-5,9-10,14,19H,6-8,11-12H2,1H3,(H,21,25)(H,22,24). The van der Waals surface area contributed by atoms with Crippen LogP contribution in [0.15, 0.2) is 36.7 Å². The first-order valence-electron chi connectivity index (χ1n) is 8.70. The second-order valence-corrected chi connectivity index (χ2v) is 7.33. The lowest BCUT2D eigenvalue weighted by atomic mass is 10.2. The highest BCUT2D eigenvalue weighted by Gasteiger charge is 2.17. The molecule has 1 aliphatic heterocycles. The van der Waals surface area contributed by atoms with Crippen LogP contribution in [0.5, 0.6) is 5.75 Å². The number of benzene rings is 1. The summed E-state index contributed by atoms with van der Waals surface area (Å²) in [7, 11) is 1.59. The van der Waals surface area contributed by atoms with Crippen LogP contribution in [0, 0.1) is 0 Å². The highest BCUT2D eigenvalue weighted by molar-refractivity contribution is 7.99. The van der Waals surface area contributed by atoms with Gasteiger partial charge in [-0.15, -0.1) is 0 Å². The van der Waals surface area contributed by atoms with E-state index >= 15 is 0 Å². The van der Waals surface area contributed by atoms with Gasteiger partial charge in [0.2, 0.25) is 11.8 Å². The van der Waals surface area contributed by atoms with Gasteiger partial charge in [0.05, 0.1) is 19.0 Å². The molecule has 8 nitrogen and oxygen atoms in total. The predicted octanol–water partition coefficient (Wildman–Crippen LogP) is 1.56. The number of nitrogens with zero attached hydrogens (tertiary/aromatic N) is 2. The molecule has 0 aliphatic carbocycles. The van der Waals surface area contributed by atoms with Crippen molar-refractivity contribution in [3.05, 3.63) is 36.7 Å². The smallest absolute Gasteiger partial charge is 0.246 e. The Hall–Kier alpha value is -2.52. The molecule has 27 heavy (non-hydrogen) atoms. The topological polar surface area (TPSA) is 97.3 Å². The summed E-state index contributed by atoms with van der Waals surface area (Å²) in [5, 5.41) is 13.1. The molecule has 0 bridgehead atoms. The average Bonchev–Trinajstić information content (AvgIpc) is 3.09. The van der Waals surface area contributed by atoms with Gasteiger partial charge in [0.1, 0.15) is 12.3 Å². The van der Waals surface area contributed by atoms with Crippen molar-refractivity contribution in [2.24, 2.45) is 0 Å². The van der Waals surface area contributed by atoms with Gasteiger partial charge in [-0.1, -0.05) is 0 Å². The van der Waals surface area contributed by atoms with Gasteiger partial charge in [0.15, 0.2) is 0 Å². The molecular formula is C18H23N5O3S. The van der Waals surface area contributed by atoms with Crippen LogP contribution in [-0.2, 0) is 16.1 Å². The van der Waals surface area contributed by atoms with E-state index < -0.39 is 0 Å². The van der Waals surface area contributed by atoms with Crippen LogP contribution in [0.4, 0.5) is 11.4 Å². The van der Waals surface area contributed by atoms with Gasteiger partial charge in [-0.3, -0.25) is 14.3 Å². The van der Waals surface area contributed by atoms with Crippen molar-refractivity contribution in [2.75, 3.05) is 35.8 Å². The molecule has 2 amide bonds. The minimum atomic E-state index is -0.204. The number of amides is 2. The summed E-state index contributed by atoms with van der Waals surface area (Å²) in [6, 6.07) is 7.29. The molecule has 1 aromatic heterocycles. The number of anilines is 2. The number of hydrogen-bond donors (Lipinski definition) is 3. The number of methoxy groups -OCH3 is 1. The molecule has 9 heteroatoms. The Balaban J connectivity index is 1.46. The predicted molar refractivity (Wildman–Crippen MR) is 106 cm³/mol. The third kappa shape index (κ3) is 6.00. The molecule has 1 unspecified atom stereocenters. The normalized spacial score (nSPS) is 16.6. The Labute approximate surface area is 162 Å². The van der Waals surface area contributed by atoms with Crippen molar-refractivity contribution in [3.8, 4) is 5.75 Å². The van der Waals surface area contributed by atoms with Gasteiger partial charge < -0.3 is 20.7 Å². The van der Waals surface area contributed by atoms with Gasteiger partial charge >= 0.3 is 0 Å². The van der Waals surface area contributed by atoms with E-state index in [1.165, 1.54) is 4.68 Å². The number of ether oxygens (including phenoxy) is 1. The number of nitrogens with one attached hydrogen (secondary N) is 3. The third-order valence-electron chi connectivity index (χ3n) is 4.03. The molecule has 3 rings (SSSR count). The maximum atomic E-state index is 12.1. The van der Waals surface area contributed by atoms with E-state index in [0.29, 0.717) is 17.8 Å². The Bertz CT molecular complexity index is 772. The quantitative estimate of drug-likeness (QED) is 0.665. The number of carbonyl (C=O) groups excluding carboxylic acids is 2. The number of aromatic nitrogens is 2. The largest absolute Gasteiger partial charge is 0.497 e. The summed E-state index contributed by atoms with van der Waals surface area (Å²) in [6.45, 7) is 0.993. The number of hydrogen-bond acceptors (Lipinski definition) is 6. The van der Waals surface area contributed by atoms with Crippen LogP contribution >= 0.6 is 11.8 Å². The lowest BCUT2D eigenvalue weighted by Crippen LogP contribution is -2.39. The highest BCUT2D eigenvalue weighted by atomic mass is 32.2. The van der Waals surface area contributed by atoms with Gasteiger partial charge in [0, 0.05) is 42.4 Å². The van der Waals surface area contributed by atoms with E-state index in [-0.39, 0.29) is 24.4 Å². The summed E-state index contributed by atoms with van der Waals surface area (Å²) in [5.41, 5.74) is 1.26. The van der Waals surface area contributed by atoms with Crippen LogP contribution in [0.3, 0.4) is 0 Å². The Morgan fingerprint density at radius 1 is 1.26 bits per heavy atom. The second kappa shape index (κ2) is 9.43. The first-order valence-corrected chi connectivity index (χ1v) is 9.85. The maximum Gasteiger partial charge on any atom is 0.246 e. The molecular weight excluding hydrogens is 366 g/mol. The van der Waals surface area contributed by atoms with Crippen molar-refractivity contribution in [1.82, 2.24) is 15.1 Å². The van der Waals surface area contributed by atoms with Gasteiger partial charge in [0.25, 0.3) is 0 Å². The molecule has 1 saturated heterocycles.